The van der Waals surface area contributed by atoms with Gasteiger partial charge < -0.3 is 10.1 Å². The highest BCUT2D eigenvalue weighted by Crippen LogP contribution is 2.48. The number of carbonyl (C=O) groups is 1. The van der Waals surface area contributed by atoms with Gasteiger partial charge in [-0.2, -0.15) is 22.5 Å². The Morgan fingerprint density at radius 1 is 1.19 bits per heavy atom. The Morgan fingerprint density at radius 2 is 1.89 bits per heavy atom. The molecule has 4 rings (SSSR count). The highest BCUT2D eigenvalue weighted by Gasteiger charge is 2.42. The van der Waals surface area contributed by atoms with E-state index in [1.807, 2.05) is 6.92 Å². The van der Waals surface area contributed by atoms with Gasteiger partial charge in [-0.15, -0.1) is 10.2 Å². The first-order valence-corrected chi connectivity index (χ1v) is 12.6. The van der Waals surface area contributed by atoms with Crippen LogP contribution in [0.5, 0.6) is 11.8 Å². The molecule has 1 amide bonds. The van der Waals surface area contributed by atoms with Gasteiger partial charge in [0.05, 0.1) is 9.73 Å². The molecule has 36 heavy (non-hydrogen) atoms. The molecule has 2 aromatic heterocycles. The van der Waals surface area contributed by atoms with E-state index in [-0.39, 0.29) is 21.9 Å². The van der Waals surface area contributed by atoms with E-state index in [9.17, 15) is 26.6 Å². The van der Waals surface area contributed by atoms with Crippen LogP contribution in [0.1, 0.15) is 46.9 Å². The number of alkyl halides is 3. The average Bonchev–Trinajstić information content (AvgIpc) is 3.50. The second kappa shape index (κ2) is 8.80. The minimum absolute atomic E-state index is 0.0845. The first kappa shape index (κ1) is 25.5. The molecule has 1 aromatic carbocycles. The van der Waals surface area contributed by atoms with Gasteiger partial charge in [-0.05, 0) is 55.0 Å². The lowest BCUT2D eigenvalue weighted by Gasteiger charge is -2.16. The molecule has 0 aliphatic heterocycles. The van der Waals surface area contributed by atoms with Gasteiger partial charge >= 0.3 is 6.18 Å². The van der Waals surface area contributed by atoms with Crippen molar-refractivity contribution in [2.45, 2.75) is 43.2 Å². The second-order valence-electron chi connectivity index (χ2n) is 8.83. The van der Waals surface area contributed by atoms with Crippen molar-refractivity contribution in [3.05, 3.63) is 64.7 Å². The van der Waals surface area contributed by atoms with Crippen LogP contribution in [0.25, 0.3) is 0 Å². The Hall–Kier alpha value is -3.61. The fourth-order valence-corrected chi connectivity index (χ4v) is 4.29. The average molecular weight is 524 g/mol. The van der Waals surface area contributed by atoms with Crippen LogP contribution in [-0.4, -0.2) is 31.6 Å². The molecule has 1 aliphatic carbocycles. The van der Waals surface area contributed by atoms with Crippen LogP contribution in [0.4, 0.5) is 23.2 Å². The maximum atomic E-state index is 14.6. The minimum atomic E-state index is -4.91. The van der Waals surface area contributed by atoms with Gasteiger partial charge in [0.1, 0.15) is 5.56 Å². The number of anilines is 1. The third-order valence-corrected chi connectivity index (χ3v) is 7.05. The van der Waals surface area contributed by atoms with Crippen molar-refractivity contribution in [1.82, 2.24) is 15.2 Å². The monoisotopic (exact) mass is 523 g/mol. The second-order valence-corrected chi connectivity index (χ2v) is 11.0. The summed E-state index contributed by atoms with van der Waals surface area (Å²) in [6.45, 7) is 2.91. The Morgan fingerprint density at radius 3 is 2.47 bits per heavy atom. The molecule has 8 nitrogen and oxygen atoms in total. The summed E-state index contributed by atoms with van der Waals surface area (Å²) in [7, 11) is -3.11. The summed E-state index contributed by atoms with van der Waals surface area (Å²) in [6.07, 6.45) is -2.12. The van der Waals surface area contributed by atoms with E-state index in [2.05, 4.69) is 20.5 Å². The number of nitrogens with one attached hydrogen (secondary N) is 2. The zero-order chi connectivity index (χ0) is 26.5. The molecule has 2 heterocycles. The maximum Gasteiger partial charge on any atom is 0.435 e. The quantitative estimate of drug-likeness (QED) is 0.327. The number of hydrogen-bond donors (Lipinski definition) is 2. The van der Waals surface area contributed by atoms with Crippen LogP contribution >= 0.6 is 0 Å². The van der Waals surface area contributed by atoms with Crippen LogP contribution < -0.4 is 10.1 Å². The molecule has 0 saturated heterocycles. The molecule has 190 valence electrons. The van der Waals surface area contributed by atoms with Crippen LogP contribution in [0.15, 0.2) is 41.3 Å². The maximum absolute atomic E-state index is 14.6. The standard InChI is InChI=1S/C23H21F4N5O3S/c1-12-17(20(33)29-13-5-4-6-14(11-13)36(3,28)34)21(32-31-18(12)23(25,26)27)35-16-8-7-15(19(24)30-16)22(2)9-10-22/h4-8,11,28H,9-10H2,1-3H3,(H,29,33). The molecule has 1 aliphatic rings. The molecular formula is C23H21F4N5O3S. The number of halogens is 4. The number of nitrogens with zero attached hydrogens (tertiary/aromatic N) is 3. The van der Waals surface area contributed by atoms with Gasteiger partial charge in [0.25, 0.3) is 11.8 Å². The Bertz CT molecular complexity index is 1470. The fourth-order valence-electron chi connectivity index (χ4n) is 3.60. The van der Waals surface area contributed by atoms with E-state index in [0.717, 1.165) is 19.8 Å². The Labute approximate surface area is 204 Å². The van der Waals surface area contributed by atoms with E-state index in [4.69, 9.17) is 9.52 Å². The van der Waals surface area contributed by atoms with Crippen molar-refractivity contribution in [2.75, 3.05) is 11.6 Å². The van der Waals surface area contributed by atoms with E-state index in [0.29, 0.717) is 5.56 Å². The number of aromatic nitrogens is 3. The fraction of sp³-hybridized carbons (Fsp3) is 0.304. The molecule has 1 atom stereocenters. The molecule has 13 heteroatoms. The van der Waals surface area contributed by atoms with Crippen molar-refractivity contribution in [3.8, 4) is 11.8 Å². The SMILES string of the molecule is Cc1c(C(F)(F)F)nnc(Oc2ccc(C3(C)CC3)c(F)n2)c1C(=O)Nc1cccc(S(C)(=N)=O)c1. The van der Waals surface area contributed by atoms with Crippen molar-refractivity contribution < 1.29 is 31.3 Å². The molecule has 0 bridgehead atoms. The third kappa shape index (κ3) is 5.15. The zero-order valence-corrected chi connectivity index (χ0v) is 20.2. The highest BCUT2D eigenvalue weighted by atomic mass is 32.2. The summed E-state index contributed by atoms with van der Waals surface area (Å²) in [5, 5.41) is 9.02. The van der Waals surface area contributed by atoms with Gasteiger partial charge in [0, 0.05) is 28.5 Å². The third-order valence-electron chi connectivity index (χ3n) is 5.90. The number of amides is 1. The number of rotatable bonds is 6. The predicted octanol–water partition coefficient (Wildman–Crippen LogP) is 5.47. The topological polar surface area (TPSA) is 118 Å². The summed E-state index contributed by atoms with van der Waals surface area (Å²) >= 11 is 0. The summed E-state index contributed by atoms with van der Waals surface area (Å²) in [6, 6.07) is 8.36. The molecule has 0 spiro atoms. The van der Waals surface area contributed by atoms with Crippen molar-refractivity contribution in [1.29, 1.82) is 4.78 Å². The lowest BCUT2D eigenvalue weighted by molar-refractivity contribution is -0.142. The molecule has 1 fully saturated rings. The van der Waals surface area contributed by atoms with E-state index < -0.39 is 50.5 Å². The van der Waals surface area contributed by atoms with E-state index in [1.165, 1.54) is 42.7 Å². The van der Waals surface area contributed by atoms with Gasteiger partial charge in [0.15, 0.2) is 5.69 Å². The molecular weight excluding hydrogens is 502 g/mol. The summed E-state index contributed by atoms with van der Waals surface area (Å²) < 4.78 is 80.2. The first-order valence-electron chi connectivity index (χ1n) is 10.6. The number of benzene rings is 1. The zero-order valence-electron chi connectivity index (χ0n) is 19.4. The van der Waals surface area contributed by atoms with Gasteiger partial charge in [-0.3, -0.25) is 4.79 Å². The van der Waals surface area contributed by atoms with Crippen molar-refractivity contribution in [2.24, 2.45) is 0 Å². The lowest BCUT2D eigenvalue weighted by Crippen LogP contribution is -2.21. The Balaban J connectivity index is 1.73. The van der Waals surface area contributed by atoms with Crippen LogP contribution in [0.3, 0.4) is 0 Å². The van der Waals surface area contributed by atoms with Crippen LogP contribution in [-0.2, 0) is 21.3 Å². The predicted molar refractivity (Wildman–Crippen MR) is 122 cm³/mol. The summed E-state index contributed by atoms with van der Waals surface area (Å²) in [4.78, 5) is 17.0. The van der Waals surface area contributed by atoms with Gasteiger partial charge in [0.2, 0.25) is 11.8 Å². The minimum Gasteiger partial charge on any atom is -0.418 e. The first-order chi connectivity index (χ1) is 16.7. The lowest BCUT2D eigenvalue weighted by atomic mass is 10.0. The number of ether oxygens (including phenoxy) is 1. The summed E-state index contributed by atoms with van der Waals surface area (Å²) in [5.74, 6) is -2.74. The van der Waals surface area contributed by atoms with Gasteiger partial charge in [-0.25, -0.2) is 8.99 Å². The number of pyridine rings is 1. The van der Waals surface area contributed by atoms with E-state index in [1.54, 1.807) is 0 Å². The normalized spacial score (nSPS) is 16.2. The molecule has 2 N–H and O–H groups in total. The summed E-state index contributed by atoms with van der Waals surface area (Å²) in [5.41, 5.74) is -2.39. The van der Waals surface area contributed by atoms with Crippen molar-refractivity contribution in [3.63, 3.8) is 0 Å². The van der Waals surface area contributed by atoms with Crippen LogP contribution in [0.2, 0.25) is 0 Å². The molecule has 1 saturated carbocycles. The highest BCUT2D eigenvalue weighted by molar-refractivity contribution is 7.91. The number of hydrogen-bond acceptors (Lipinski definition) is 7. The van der Waals surface area contributed by atoms with Gasteiger partial charge in [-0.1, -0.05) is 13.0 Å². The largest absolute Gasteiger partial charge is 0.435 e. The smallest absolute Gasteiger partial charge is 0.418 e. The van der Waals surface area contributed by atoms with Crippen molar-refractivity contribution >= 4 is 21.3 Å². The Kier molecular flexibility index (Phi) is 6.23. The molecule has 3 aromatic rings. The number of carbonyl (C=O) groups excluding carboxylic acids is 1. The van der Waals surface area contributed by atoms with E-state index >= 15 is 0 Å². The molecule has 0 radical (unpaired) electrons. The molecule has 1 unspecified atom stereocenters. The van der Waals surface area contributed by atoms with Crippen LogP contribution in [0, 0.1) is 17.7 Å².